The molecule has 5 heteroatoms. The zero-order valence-electron chi connectivity index (χ0n) is 12.8. The molecule has 0 bridgehead atoms. The Morgan fingerprint density at radius 2 is 2.10 bits per heavy atom. The molecule has 0 saturated carbocycles. The van der Waals surface area contributed by atoms with E-state index in [1.54, 1.807) is 11.3 Å². The van der Waals surface area contributed by atoms with Crippen molar-refractivity contribution in [2.75, 3.05) is 33.2 Å². The van der Waals surface area contributed by atoms with Gasteiger partial charge in [0.1, 0.15) is 0 Å². The molecule has 1 fully saturated rings. The zero-order valence-corrected chi connectivity index (χ0v) is 13.7. The van der Waals surface area contributed by atoms with E-state index in [9.17, 15) is 4.79 Å². The van der Waals surface area contributed by atoms with Gasteiger partial charge in [0.25, 0.3) is 0 Å². The van der Waals surface area contributed by atoms with Crippen LogP contribution in [0.3, 0.4) is 0 Å². The number of rotatable bonds is 4. The smallest absolute Gasteiger partial charge is 0.242 e. The van der Waals surface area contributed by atoms with Crippen LogP contribution in [0.4, 0.5) is 0 Å². The van der Waals surface area contributed by atoms with Gasteiger partial charge in [-0.25, -0.2) is 0 Å². The van der Waals surface area contributed by atoms with Gasteiger partial charge in [-0.05, 0) is 32.2 Å². The number of piperazine rings is 1. The number of hydrogen-bond acceptors (Lipinski definition) is 4. The Morgan fingerprint density at radius 1 is 1.45 bits per heavy atom. The van der Waals surface area contributed by atoms with E-state index in [1.807, 2.05) is 31.9 Å². The molecule has 1 amide bonds. The predicted molar refractivity (Wildman–Crippen MR) is 84.0 cm³/mol. The van der Waals surface area contributed by atoms with Crippen molar-refractivity contribution in [3.05, 3.63) is 22.4 Å². The molecule has 20 heavy (non-hydrogen) atoms. The molecule has 2 heterocycles. The molecule has 1 unspecified atom stereocenters. The topological polar surface area (TPSA) is 35.6 Å². The summed E-state index contributed by atoms with van der Waals surface area (Å²) >= 11 is 1.71. The van der Waals surface area contributed by atoms with Crippen molar-refractivity contribution in [2.24, 2.45) is 0 Å². The van der Waals surface area contributed by atoms with Gasteiger partial charge in [0.05, 0.1) is 11.6 Å². The minimum absolute atomic E-state index is 0.129. The quantitative estimate of drug-likeness (QED) is 0.922. The molecule has 2 rings (SSSR count). The normalized spacial score (nSPS) is 18.8. The van der Waals surface area contributed by atoms with E-state index in [4.69, 9.17) is 0 Å². The highest BCUT2D eigenvalue weighted by atomic mass is 32.1. The number of nitrogens with one attached hydrogen (secondary N) is 1. The minimum Gasteiger partial charge on any atom is -0.337 e. The van der Waals surface area contributed by atoms with Crippen molar-refractivity contribution >= 4 is 17.2 Å². The first kappa shape index (κ1) is 15.5. The van der Waals surface area contributed by atoms with Crippen LogP contribution in [0, 0.1) is 0 Å². The number of carbonyl (C=O) groups is 1. The van der Waals surface area contributed by atoms with Crippen LogP contribution in [-0.4, -0.2) is 54.5 Å². The van der Waals surface area contributed by atoms with Gasteiger partial charge in [0.2, 0.25) is 5.91 Å². The number of carbonyl (C=O) groups excluding carboxylic acids is 1. The van der Waals surface area contributed by atoms with Crippen molar-refractivity contribution < 1.29 is 4.79 Å². The number of thiophene rings is 1. The summed E-state index contributed by atoms with van der Waals surface area (Å²) in [5, 5.41) is 5.40. The van der Waals surface area contributed by atoms with Gasteiger partial charge in [-0.15, -0.1) is 11.3 Å². The van der Waals surface area contributed by atoms with Crippen molar-refractivity contribution in [2.45, 2.75) is 32.4 Å². The molecule has 0 spiro atoms. The van der Waals surface area contributed by atoms with Gasteiger partial charge in [-0.1, -0.05) is 6.07 Å². The Hall–Kier alpha value is -0.910. The third kappa shape index (κ3) is 3.05. The average molecular weight is 295 g/mol. The Balaban J connectivity index is 2.08. The SMILES string of the molecule is CC(c1cccs1)N(C)C(=O)C(C)(C)N1CCNCC1. The third-order valence-electron chi connectivity index (χ3n) is 4.29. The Labute approximate surface area is 125 Å². The highest BCUT2D eigenvalue weighted by Gasteiger charge is 2.38. The molecule has 0 radical (unpaired) electrons. The van der Waals surface area contributed by atoms with Gasteiger partial charge in [0.15, 0.2) is 0 Å². The first-order valence-corrected chi connectivity index (χ1v) is 8.09. The molecule has 0 aliphatic carbocycles. The maximum absolute atomic E-state index is 12.9. The van der Waals surface area contributed by atoms with Crippen LogP contribution >= 0.6 is 11.3 Å². The summed E-state index contributed by atoms with van der Waals surface area (Å²) < 4.78 is 0. The van der Waals surface area contributed by atoms with E-state index in [1.165, 1.54) is 4.88 Å². The van der Waals surface area contributed by atoms with E-state index in [2.05, 4.69) is 28.6 Å². The van der Waals surface area contributed by atoms with E-state index in [-0.39, 0.29) is 11.9 Å². The fraction of sp³-hybridized carbons (Fsp3) is 0.667. The molecule has 1 aromatic heterocycles. The molecule has 0 aromatic carbocycles. The van der Waals surface area contributed by atoms with Gasteiger partial charge in [-0.3, -0.25) is 9.69 Å². The fourth-order valence-electron chi connectivity index (χ4n) is 2.69. The molecule has 1 aliphatic heterocycles. The van der Waals surface area contributed by atoms with Crippen molar-refractivity contribution in [1.29, 1.82) is 0 Å². The van der Waals surface area contributed by atoms with Crippen molar-refractivity contribution in [3.63, 3.8) is 0 Å². The first-order valence-electron chi connectivity index (χ1n) is 7.21. The summed E-state index contributed by atoms with van der Waals surface area (Å²) in [6.07, 6.45) is 0. The van der Waals surface area contributed by atoms with Crippen LogP contribution in [0.1, 0.15) is 31.7 Å². The lowest BCUT2D eigenvalue weighted by Crippen LogP contribution is -2.60. The highest BCUT2D eigenvalue weighted by molar-refractivity contribution is 7.10. The lowest BCUT2D eigenvalue weighted by Gasteiger charge is -2.42. The molecule has 1 saturated heterocycles. The average Bonchev–Trinajstić information content (AvgIpc) is 3.00. The fourth-order valence-corrected chi connectivity index (χ4v) is 3.51. The number of nitrogens with zero attached hydrogens (tertiary/aromatic N) is 2. The number of hydrogen-bond donors (Lipinski definition) is 1. The predicted octanol–water partition coefficient (Wildman–Crippen LogP) is 1.95. The molecule has 1 N–H and O–H groups in total. The second kappa shape index (κ2) is 6.24. The van der Waals surface area contributed by atoms with Crippen LogP contribution in [0.25, 0.3) is 0 Å². The maximum Gasteiger partial charge on any atom is 0.242 e. The van der Waals surface area contributed by atoms with E-state index >= 15 is 0 Å². The van der Waals surface area contributed by atoms with E-state index in [0.29, 0.717) is 0 Å². The summed E-state index contributed by atoms with van der Waals surface area (Å²) in [4.78, 5) is 18.3. The van der Waals surface area contributed by atoms with Gasteiger partial charge >= 0.3 is 0 Å². The van der Waals surface area contributed by atoms with Crippen molar-refractivity contribution in [3.8, 4) is 0 Å². The molecule has 4 nitrogen and oxygen atoms in total. The van der Waals surface area contributed by atoms with Crippen LogP contribution in [-0.2, 0) is 4.79 Å². The van der Waals surface area contributed by atoms with Crippen molar-refractivity contribution in [1.82, 2.24) is 15.1 Å². The van der Waals surface area contributed by atoms with Gasteiger partial charge < -0.3 is 10.2 Å². The first-order chi connectivity index (χ1) is 9.44. The summed E-state index contributed by atoms with van der Waals surface area (Å²) in [5.41, 5.74) is -0.442. The van der Waals surface area contributed by atoms with Crippen LogP contribution in [0.2, 0.25) is 0 Å². The zero-order chi connectivity index (χ0) is 14.8. The second-order valence-corrected chi connectivity index (χ2v) is 6.88. The number of amides is 1. The molecule has 1 atom stereocenters. The molecular weight excluding hydrogens is 270 g/mol. The standard InChI is InChI=1S/C15H25N3OS/c1-12(13-6-5-11-20-13)17(4)14(19)15(2,3)18-9-7-16-8-10-18/h5-6,11-12,16H,7-10H2,1-4H3. The molecule has 1 aliphatic rings. The van der Waals surface area contributed by atoms with Crippen LogP contribution < -0.4 is 5.32 Å². The lowest BCUT2D eigenvalue weighted by atomic mass is 9.98. The van der Waals surface area contributed by atoms with Gasteiger partial charge in [0, 0.05) is 38.1 Å². The Kier molecular flexibility index (Phi) is 4.83. The Bertz CT molecular complexity index is 438. The summed E-state index contributed by atoms with van der Waals surface area (Å²) in [5.74, 6) is 0.195. The molecular formula is C15H25N3OS. The van der Waals surface area contributed by atoms with Crippen LogP contribution in [0.15, 0.2) is 17.5 Å². The van der Waals surface area contributed by atoms with E-state index in [0.717, 1.165) is 26.2 Å². The second-order valence-electron chi connectivity index (χ2n) is 5.90. The Morgan fingerprint density at radius 3 is 2.65 bits per heavy atom. The van der Waals surface area contributed by atoms with Crippen LogP contribution in [0.5, 0.6) is 0 Å². The molecule has 1 aromatic rings. The highest BCUT2D eigenvalue weighted by Crippen LogP contribution is 2.27. The molecule has 112 valence electrons. The lowest BCUT2D eigenvalue weighted by molar-refractivity contribution is -0.143. The summed E-state index contributed by atoms with van der Waals surface area (Å²) in [7, 11) is 1.91. The monoisotopic (exact) mass is 295 g/mol. The maximum atomic E-state index is 12.9. The number of likely N-dealkylation sites (N-methyl/N-ethyl adjacent to an activating group) is 1. The van der Waals surface area contributed by atoms with E-state index < -0.39 is 5.54 Å². The van der Waals surface area contributed by atoms with Gasteiger partial charge in [-0.2, -0.15) is 0 Å². The third-order valence-corrected chi connectivity index (χ3v) is 5.33. The summed E-state index contributed by atoms with van der Waals surface area (Å²) in [6, 6.07) is 4.26. The summed E-state index contributed by atoms with van der Waals surface area (Å²) in [6.45, 7) is 9.95. The largest absolute Gasteiger partial charge is 0.337 e. The minimum atomic E-state index is -0.442.